The molecule has 0 amide bonds. The number of hydrogen-bond donors (Lipinski definition) is 0. The summed E-state index contributed by atoms with van der Waals surface area (Å²) in [5, 5.41) is 0. The van der Waals surface area contributed by atoms with Gasteiger partial charge in [-0.2, -0.15) is 0 Å². The van der Waals surface area contributed by atoms with Crippen LogP contribution in [0.3, 0.4) is 0 Å². The standard InChI is InChI=1S/C8H14/c1-4-6-8(3)7-5-2/h4-5,7-8H,1,6H2,2-3H3/b7-5+. The Labute approximate surface area is 51.9 Å². The third kappa shape index (κ3) is 3.66. The van der Waals surface area contributed by atoms with Crippen molar-refractivity contribution in [2.24, 2.45) is 5.92 Å². The van der Waals surface area contributed by atoms with Gasteiger partial charge in [0, 0.05) is 0 Å². The van der Waals surface area contributed by atoms with Crippen LogP contribution >= 0.6 is 0 Å². The van der Waals surface area contributed by atoms with Gasteiger partial charge in [0.15, 0.2) is 0 Å². The molecule has 0 aromatic heterocycles. The largest absolute Gasteiger partial charge is 0.103 e. The summed E-state index contributed by atoms with van der Waals surface area (Å²) in [6.45, 7) is 7.87. The molecule has 0 aliphatic carbocycles. The fraction of sp³-hybridized carbons (Fsp3) is 0.500. The molecule has 0 saturated carbocycles. The van der Waals surface area contributed by atoms with Gasteiger partial charge in [0.25, 0.3) is 0 Å². The number of hydrogen-bond acceptors (Lipinski definition) is 0. The molecule has 0 radical (unpaired) electrons. The van der Waals surface area contributed by atoms with E-state index in [1.165, 1.54) is 0 Å². The molecule has 1 unspecified atom stereocenters. The first kappa shape index (κ1) is 7.48. The van der Waals surface area contributed by atoms with E-state index >= 15 is 0 Å². The maximum absolute atomic E-state index is 3.65. The minimum Gasteiger partial charge on any atom is -0.103 e. The molecule has 0 nitrogen and oxygen atoms in total. The van der Waals surface area contributed by atoms with Gasteiger partial charge in [-0.15, -0.1) is 6.58 Å². The Morgan fingerprint density at radius 2 is 2.25 bits per heavy atom. The van der Waals surface area contributed by atoms with Crippen molar-refractivity contribution >= 4 is 0 Å². The van der Waals surface area contributed by atoms with Crippen LogP contribution in [-0.2, 0) is 0 Å². The van der Waals surface area contributed by atoms with Crippen molar-refractivity contribution in [3.05, 3.63) is 24.8 Å². The van der Waals surface area contributed by atoms with Crippen LogP contribution in [0, 0.1) is 5.92 Å². The summed E-state index contributed by atoms with van der Waals surface area (Å²) in [6, 6.07) is 0. The van der Waals surface area contributed by atoms with Gasteiger partial charge in [-0.25, -0.2) is 0 Å². The molecule has 0 aliphatic heterocycles. The molecule has 0 saturated heterocycles. The van der Waals surface area contributed by atoms with Gasteiger partial charge in [0.2, 0.25) is 0 Å². The lowest BCUT2D eigenvalue weighted by Gasteiger charge is -1.97. The highest BCUT2D eigenvalue weighted by Gasteiger charge is 1.88. The van der Waals surface area contributed by atoms with E-state index in [1.54, 1.807) is 0 Å². The van der Waals surface area contributed by atoms with Crippen LogP contribution in [0.4, 0.5) is 0 Å². The van der Waals surface area contributed by atoms with Crippen LogP contribution in [-0.4, -0.2) is 0 Å². The third-order valence-electron chi connectivity index (χ3n) is 1.06. The van der Waals surface area contributed by atoms with E-state index in [1.807, 2.05) is 13.0 Å². The van der Waals surface area contributed by atoms with Gasteiger partial charge in [-0.1, -0.05) is 25.2 Å². The Kier molecular flexibility index (Phi) is 4.33. The highest BCUT2D eigenvalue weighted by atomic mass is 13.9. The second-order valence-corrected chi connectivity index (χ2v) is 2.03. The predicted molar refractivity (Wildman–Crippen MR) is 38.8 cm³/mol. The van der Waals surface area contributed by atoms with Crippen LogP contribution in [0.15, 0.2) is 24.8 Å². The highest BCUT2D eigenvalue weighted by molar-refractivity contribution is 4.86. The van der Waals surface area contributed by atoms with Crippen LogP contribution < -0.4 is 0 Å². The average molecular weight is 110 g/mol. The van der Waals surface area contributed by atoms with E-state index in [-0.39, 0.29) is 0 Å². The molecule has 0 spiro atoms. The molecule has 0 aromatic carbocycles. The third-order valence-corrected chi connectivity index (χ3v) is 1.06. The zero-order valence-corrected chi connectivity index (χ0v) is 5.72. The molecule has 1 atom stereocenters. The molecule has 0 heteroatoms. The maximum Gasteiger partial charge on any atom is -0.0228 e. The molecule has 0 aromatic rings. The molecule has 0 bridgehead atoms. The van der Waals surface area contributed by atoms with Crippen molar-refractivity contribution in [3.63, 3.8) is 0 Å². The summed E-state index contributed by atoms with van der Waals surface area (Å²) in [5.41, 5.74) is 0. The molecule has 8 heavy (non-hydrogen) atoms. The van der Waals surface area contributed by atoms with Gasteiger partial charge in [-0.05, 0) is 19.3 Å². The first-order valence-corrected chi connectivity index (χ1v) is 3.05. The van der Waals surface area contributed by atoms with Gasteiger partial charge in [0.05, 0.1) is 0 Å². The van der Waals surface area contributed by atoms with Crippen molar-refractivity contribution in [3.8, 4) is 0 Å². The predicted octanol–water partition coefficient (Wildman–Crippen LogP) is 2.77. The van der Waals surface area contributed by atoms with Gasteiger partial charge in [0.1, 0.15) is 0 Å². The molecule has 0 rings (SSSR count). The normalized spacial score (nSPS) is 14.2. The summed E-state index contributed by atoms with van der Waals surface area (Å²) in [6.07, 6.45) is 7.30. The Morgan fingerprint density at radius 3 is 2.62 bits per heavy atom. The number of rotatable bonds is 3. The monoisotopic (exact) mass is 110 g/mol. The van der Waals surface area contributed by atoms with Gasteiger partial charge in [-0.3, -0.25) is 0 Å². The molecular weight excluding hydrogens is 96.1 g/mol. The fourth-order valence-corrected chi connectivity index (χ4v) is 0.670. The second-order valence-electron chi connectivity index (χ2n) is 2.03. The molecule has 0 heterocycles. The first-order valence-electron chi connectivity index (χ1n) is 3.05. The molecule has 46 valence electrons. The molecule has 0 N–H and O–H groups in total. The van der Waals surface area contributed by atoms with Gasteiger partial charge >= 0.3 is 0 Å². The van der Waals surface area contributed by atoms with Crippen molar-refractivity contribution in [1.29, 1.82) is 0 Å². The lowest BCUT2D eigenvalue weighted by molar-refractivity contribution is 0.744. The summed E-state index contributed by atoms with van der Waals surface area (Å²) < 4.78 is 0. The lowest BCUT2D eigenvalue weighted by Crippen LogP contribution is -1.83. The minimum atomic E-state index is 0.664. The SMILES string of the molecule is C=CCC(C)/C=C/C. The van der Waals surface area contributed by atoms with Crippen LogP contribution in [0.2, 0.25) is 0 Å². The van der Waals surface area contributed by atoms with E-state index in [4.69, 9.17) is 0 Å². The quantitative estimate of drug-likeness (QED) is 0.490. The Hall–Kier alpha value is -0.520. The molecule has 0 aliphatic rings. The van der Waals surface area contributed by atoms with Crippen LogP contribution in [0.5, 0.6) is 0 Å². The van der Waals surface area contributed by atoms with E-state index in [0.29, 0.717) is 5.92 Å². The first-order chi connectivity index (χ1) is 3.81. The molecular formula is C8H14. The Morgan fingerprint density at radius 1 is 1.62 bits per heavy atom. The lowest BCUT2D eigenvalue weighted by atomic mass is 10.1. The topological polar surface area (TPSA) is 0 Å². The number of allylic oxidation sites excluding steroid dienone is 3. The summed E-state index contributed by atoms with van der Waals surface area (Å²) >= 11 is 0. The minimum absolute atomic E-state index is 0.664. The smallest absolute Gasteiger partial charge is 0.0228 e. The van der Waals surface area contributed by atoms with Crippen LogP contribution in [0.1, 0.15) is 20.3 Å². The van der Waals surface area contributed by atoms with E-state index < -0.39 is 0 Å². The van der Waals surface area contributed by atoms with E-state index in [0.717, 1.165) is 6.42 Å². The zero-order chi connectivity index (χ0) is 6.41. The average Bonchev–Trinajstić information content (AvgIpc) is 1.68. The van der Waals surface area contributed by atoms with Gasteiger partial charge < -0.3 is 0 Å². The van der Waals surface area contributed by atoms with E-state index in [9.17, 15) is 0 Å². The summed E-state index contributed by atoms with van der Waals surface area (Å²) in [5.74, 6) is 0.664. The van der Waals surface area contributed by atoms with Crippen molar-refractivity contribution < 1.29 is 0 Å². The molecule has 0 fully saturated rings. The Balaban J connectivity index is 3.31. The zero-order valence-electron chi connectivity index (χ0n) is 5.72. The fourth-order valence-electron chi connectivity index (χ4n) is 0.670. The van der Waals surface area contributed by atoms with Crippen molar-refractivity contribution in [2.75, 3.05) is 0 Å². The maximum atomic E-state index is 3.65. The van der Waals surface area contributed by atoms with Crippen molar-refractivity contribution in [1.82, 2.24) is 0 Å². The Bertz CT molecular complexity index is 80.0. The van der Waals surface area contributed by atoms with E-state index in [2.05, 4.69) is 25.7 Å². The highest BCUT2D eigenvalue weighted by Crippen LogP contribution is 2.02. The second kappa shape index (κ2) is 4.63. The summed E-state index contributed by atoms with van der Waals surface area (Å²) in [7, 11) is 0. The van der Waals surface area contributed by atoms with Crippen molar-refractivity contribution in [2.45, 2.75) is 20.3 Å². The summed E-state index contributed by atoms with van der Waals surface area (Å²) in [4.78, 5) is 0. The van der Waals surface area contributed by atoms with Crippen LogP contribution in [0.25, 0.3) is 0 Å².